The van der Waals surface area contributed by atoms with Crippen molar-refractivity contribution in [3.8, 4) is 0 Å². The van der Waals surface area contributed by atoms with Crippen molar-refractivity contribution < 1.29 is 14.3 Å². The highest BCUT2D eigenvalue weighted by molar-refractivity contribution is 5.91. The van der Waals surface area contributed by atoms with Gasteiger partial charge in [-0.25, -0.2) is 4.79 Å². The smallest absolute Gasteiger partial charge is 0.355 e. The van der Waals surface area contributed by atoms with Gasteiger partial charge in [-0.3, -0.25) is 4.79 Å². The van der Waals surface area contributed by atoms with E-state index >= 15 is 0 Å². The number of H-pyrrole nitrogens is 1. The second kappa shape index (κ2) is 5.83. The lowest BCUT2D eigenvalue weighted by Crippen LogP contribution is -2.33. The van der Waals surface area contributed by atoms with Crippen LogP contribution in [0, 0.1) is 0 Å². The molecule has 1 fully saturated rings. The highest BCUT2D eigenvalue weighted by atomic mass is 16.5. The van der Waals surface area contributed by atoms with Gasteiger partial charge < -0.3 is 15.0 Å². The molecule has 1 amide bonds. The van der Waals surface area contributed by atoms with Crippen LogP contribution in [0.15, 0.2) is 48.7 Å². The molecule has 1 aliphatic carbocycles. The van der Waals surface area contributed by atoms with Crippen molar-refractivity contribution in [2.24, 2.45) is 0 Å². The molecule has 1 heterocycles. The summed E-state index contributed by atoms with van der Waals surface area (Å²) in [5, 5.41) is 2.88. The fraction of sp³-hybridized carbons (Fsp3) is 0.250. The van der Waals surface area contributed by atoms with Gasteiger partial charge in [0.2, 0.25) is 6.10 Å². The van der Waals surface area contributed by atoms with Crippen LogP contribution in [0.5, 0.6) is 0 Å². The van der Waals surface area contributed by atoms with Gasteiger partial charge in [-0.05, 0) is 25.0 Å². The molecule has 5 heteroatoms. The molecule has 0 saturated heterocycles. The summed E-state index contributed by atoms with van der Waals surface area (Å²) in [6.07, 6.45) is 2.68. The van der Waals surface area contributed by atoms with Gasteiger partial charge in [0.15, 0.2) is 0 Å². The molecular weight excluding hydrogens is 268 g/mol. The Labute approximate surface area is 122 Å². The number of benzene rings is 1. The third-order valence-electron chi connectivity index (χ3n) is 3.31. The normalized spacial score (nSPS) is 15.2. The second-order valence-electron chi connectivity index (χ2n) is 5.06. The van der Waals surface area contributed by atoms with Crippen LogP contribution in [-0.4, -0.2) is 22.9 Å². The predicted octanol–water partition coefficient (Wildman–Crippen LogP) is 2.19. The van der Waals surface area contributed by atoms with E-state index < -0.39 is 12.1 Å². The molecule has 0 bridgehead atoms. The zero-order chi connectivity index (χ0) is 14.7. The highest BCUT2D eigenvalue weighted by Gasteiger charge is 2.31. The van der Waals surface area contributed by atoms with E-state index in [9.17, 15) is 9.59 Å². The number of amides is 1. The van der Waals surface area contributed by atoms with E-state index in [4.69, 9.17) is 4.74 Å². The minimum Gasteiger partial charge on any atom is -0.443 e. The lowest BCUT2D eigenvalue weighted by molar-refractivity contribution is -0.130. The maximum atomic E-state index is 12.3. The second-order valence-corrected chi connectivity index (χ2v) is 5.06. The first kappa shape index (κ1) is 13.4. The summed E-state index contributed by atoms with van der Waals surface area (Å²) in [5.74, 6) is -0.816. The Bertz CT molecular complexity index is 618. The Hall–Kier alpha value is -2.56. The van der Waals surface area contributed by atoms with E-state index in [2.05, 4.69) is 10.3 Å². The molecule has 0 unspecified atom stereocenters. The number of nitrogens with one attached hydrogen (secondary N) is 2. The monoisotopic (exact) mass is 284 g/mol. The summed E-state index contributed by atoms with van der Waals surface area (Å²) >= 11 is 0. The molecule has 3 rings (SSSR count). The topological polar surface area (TPSA) is 71.2 Å². The SMILES string of the molecule is O=C(O[C@H](C(=O)NC1CC1)c1ccccc1)c1ccc[nH]1. The van der Waals surface area contributed by atoms with Crippen LogP contribution in [0.2, 0.25) is 0 Å². The van der Waals surface area contributed by atoms with Gasteiger partial charge >= 0.3 is 5.97 Å². The zero-order valence-electron chi connectivity index (χ0n) is 11.4. The molecule has 2 N–H and O–H groups in total. The molecule has 2 aromatic rings. The number of esters is 1. The summed E-state index contributed by atoms with van der Waals surface area (Å²) in [7, 11) is 0. The van der Waals surface area contributed by atoms with Gasteiger partial charge in [-0.2, -0.15) is 0 Å². The quantitative estimate of drug-likeness (QED) is 0.827. The standard InChI is InChI=1S/C16H16N2O3/c19-15(18-12-8-9-12)14(11-5-2-1-3-6-11)21-16(20)13-7-4-10-17-13/h1-7,10,12,14,17H,8-9H2,(H,18,19)/t14-/m0/s1. The lowest BCUT2D eigenvalue weighted by Gasteiger charge is -2.17. The third-order valence-corrected chi connectivity index (χ3v) is 3.31. The van der Waals surface area contributed by atoms with Crippen LogP contribution in [-0.2, 0) is 9.53 Å². The molecule has 1 saturated carbocycles. The first-order valence-corrected chi connectivity index (χ1v) is 6.94. The average Bonchev–Trinajstić information content (AvgIpc) is 3.15. The van der Waals surface area contributed by atoms with Gasteiger partial charge in [-0.15, -0.1) is 0 Å². The molecule has 1 aliphatic rings. The molecule has 0 aliphatic heterocycles. The van der Waals surface area contributed by atoms with E-state index in [-0.39, 0.29) is 11.9 Å². The van der Waals surface area contributed by atoms with Crippen LogP contribution in [0.25, 0.3) is 0 Å². The van der Waals surface area contributed by atoms with Gasteiger partial charge in [0, 0.05) is 17.8 Å². The van der Waals surface area contributed by atoms with Gasteiger partial charge in [0.25, 0.3) is 5.91 Å². The van der Waals surface area contributed by atoms with Crippen molar-refractivity contribution in [2.75, 3.05) is 0 Å². The van der Waals surface area contributed by atoms with Gasteiger partial charge in [0.05, 0.1) is 0 Å². The van der Waals surface area contributed by atoms with Crippen molar-refractivity contribution in [3.05, 3.63) is 59.9 Å². The van der Waals surface area contributed by atoms with E-state index in [1.165, 1.54) is 0 Å². The Morgan fingerprint density at radius 3 is 2.52 bits per heavy atom. The molecule has 1 atom stereocenters. The molecule has 0 radical (unpaired) electrons. The first-order valence-electron chi connectivity index (χ1n) is 6.94. The first-order chi connectivity index (χ1) is 10.2. The molecule has 108 valence electrons. The fourth-order valence-electron chi connectivity index (χ4n) is 2.03. The number of rotatable bonds is 5. The summed E-state index contributed by atoms with van der Waals surface area (Å²) in [6, 6.07) is 12.6. The number of aromatic nitrogens is 1. The summed E-state index contributed by atoms with van der Waals surface area (Å²) in [4.78, 5) is 27.1. The molecule has 1 aromatic carbocycles. The Balaban J connectivity index is 1.78. The number of aromatic amines is 1. The van der Waals surface area contributed by atoms with Crippen molar-refractivity contribution >= 4 is 11.9 Å². The number of carbonyl (C=O) groups is 2. The van der Waals surface area contributed by atoms with Crippen LogP contribution in [0.1, 0.15) is 35.0 Å². The molecule has 21 heavy (non-hydrogen) atoms. The zero-order valence-corrected chi connectivity index (χ0v) is 11.4. The number of hydrogen-bond acceptors (Lipinski definition) is 3. The van der Waals surface area contributed by atoms with Crippen molar-refractivity contribution in [2.45, 2.75) is 25.0 Å². The predicted molar refractivity (Wildman–Crippen MR) is 76.6 cm³/mol. The van der Waals surface area contributed by atoms with Crippen LogP contribution in [0.4, 0.5) is 0 Å². The summed E-state index contributed by atoms with van der Waals surface area (Å²) in [6.45, 7) is 0. The Kier molecular flexibility index (Phi) is 3.73. The lowest BCUT2D eigenvalue weighted by atomic mass is 10.1. The van der Waals surface area contributed by atoms with Gasteiger partial charge in [0.1, 0.15) is 5.69 Å². The Morgan fingerprint density at radius 2 is 1.90 bits per heavy atom. The number of ether oxygens (including phenoxy) is 1. The van der Waals surface area contributed by atoms with E-state index in [1.807, 2.05) is 18.2 Å². The molecule has 5 nitrogen and oxygen atoms in total. The fourth-order valence-corrected chi connectivity index (χ4v) is 2.03. The Morgan fingerprint density at radius 1 is 1.14 bits per heavy atom. The van der Waals surface area contributed by atoms with Crippen molar-refractivity contribution in [1.82, 2.24) is 10.3 Å². The average molecular weight is 284 g/mol. The molecule has 1 aromatic heterocycles. The highest BCUT2D eigenvalue weighted by Crippen LogP contribution is 2.23. The van der Waals surface area contributed by atoms with E-state index in [1.54, 1.807) is 30.5 Å². The van der Waals surface area contributed by atoms with E-state index in [0.29, 0.717) is 11.3 Å². The van der Waals surface area contributed by atoms with Crippen molar-refractivity contribution in [3.63, 3.8) is 0 Å². The summed E-state index contributed by atoms with van der Waals surface area (Å²) in [5.41, 5.74) is 0.991. The maximum Gasteiger partial charge on any atom is 0.355 e. The van der Waals surface area contributed by atoms with Crippen LogP contribution < -0.4 is 5.32 Å². The number of carbonyl (C=O) groups excluding carboxylic acids is 2. The third kappa shape index (κ3) is 3.31. The largest absolute Gasteiger partial charge is 0.443 e. The number of hydrogen-bond donors (Lipinski definition) is 2. The van der Waals surface area contributed by atoms with Crippen LogP contribution >= 0.6 is 0 Å². The van der Waals surface area contributed by atoms with E-state index in [0.717, 1.165) is 12.8 Å². The minimum atomic E-state index is -0.928. The van der Waals surface area contributed by atoms with Crippen molar-refractivity contribution in [1.29, 1.82) is 0 Å². The minimum absolute atomic E-state index is 0.216. The summed E-state index contributed by atoms with van der Waals surface area (Å²) < 4.78 is 5.39. The molecular formula is C16H16N2O3. The van der Waals surface area contributed by atoms with Gasteiger partial charge in [-0.1, -0.05) is 30.3 Å². The molecule has 0 spiro atoms. The maximum absolute atomic E-state index is 12.3. The van der Waals surface area contributed by atoms with Crippen LogP contribution in [0.3, 0.4) is 0 Å².